The highest BCUT2D eigenvalue weighted by molar-refractivity contribution is 6.00. The molecule has 2 atom stereocenters. The summed E-state index contributed by atoms with van der Waals surface area (Å²) in [6.07, 6.45) is 0.717. The van der Waals surface area contributed by atoms with E-state index in [0.29, 0.717) is 13.2 Å². The van der Waals surface area contributed by atoms with Crippen molar-refractivity contribution in [2.24, 2.45) is 5.92 Å². The van der Waals surface area contributed by atoms with E-state index < -0.39 is 11.9 Å². The number of nitrogens with zero attached hydrogens (tertiary/aromatic N) is 1. The van der Waals surface area contributed by atoms with Gasteiger partial charge in [0.1, 0.15) is 5.92 Å². The molecule has 1 N–H and O–H groups in total. The maximum atomic E-state index is 12.4. The zero-order valence-corrected chi connectivity index (χ0v) is 10.4. The number of fused-ring (bicyclic) bond motifs is 1. The molecule has 0 saturated carbocycles. The minimum atomic E-state index is -0.884. The van der Waals surface area contributed by atoms with Crippen LogP contribution in [0.4, 0.5) is 5.69 Å². The van der Waals surface area contributed by atoms with Crippen molar-refractivity contribution in [3.05, 3.63) is 29.8 Å². The van der Waals surface area contributed by atoms with Crippen molar-refractivity contribution >= 4 is 17.6 Å². The number of aliphatic carboxylic acids is 1. The van der Waals surface area contributed by atoms with Gasteiger partial charge in [0, 0.05) is 18.8 Å². The third-order valence-electron chi connectivity index (χ3n) is 3.81. The van der Waals surface area contributed by atoms with Crippen LogP contribution in [0.3, 0.4) is 0 Å². The molecule has 0 spiro atoms. The highest BCUT2D eigenvalue weighted by Gasteiger charge is 2.39. The van der Waals surface area contributed by atoms with Gasteiger partial charge in [0.25, 0.3) is 0 Å². The minimum absolute atomic E-state index is 0.0197. The number of rotatable bonds is 2. The molecule has 5 heteroatoms. The molecule has 1 aromatic carbocycles. The summed E-state index contributed by atoms with van der Waals surface area (Å²) >= 11 is 0. The molecule has 5 nitrogen and oxygen atoms in total. The predicted molar refractivity (Wildman–Crippen MR) is 68.1 cm³/mol. The lowest BCUT2D eigenvalue weighted by atomic mass is 10.0. The van der Waals surface area contributed by atoms with Gasteiger partial charge in [0.05, 0.1) is 12.5 Å². The molecule has 0 unspecified atom stereocenters. The summed E-state index contributed by atoms with van der Waals surface area (Å²) in [5, 5.41) is 9.26. The number of carboxylic acid groups (broad SMARTS) is 1. The van der Waals surface area contributed by atoms with E-state index in [1.165, 1.54) is 0 Å². The van der Waals surface area contributed by atoms with E-state index in [4.69, 9.17) is 4.74 Å². The first-order chi connectivity index (χ1) is 9.18. The molecule has 2 aliphatic rings. The second-order valence-electron chi connectivity index (χ2n) is 4.96. The lowest BCUT2D eigenvalue weighted by Gasteiger charge is -2.20. The number of carbonyl (C=O) groups excluding carboxylic acids is 1. The van der Waals surface area contributed by atoms with E-state index in [9.17, 15) is 14.7 Å². The summed E-state index contributed by atoms with van der Waals surface area (Å²) in [4.78, 5) is 25.3. The monoisotopic (exact) mass is 261 g/mol. The Morgan fingerprint density at radius 3 is 2.79 bits per heavy atom. The Bertz CT molecular complexity index is 522. The van der Waals surface area contributed by atoms with Gasteiger partial charge in [0.2, 0.25) is 5.91 Å². The SMILES string of the molecule is O=C(O)[C@H]1CN(C(=O)[C@H]2CCOC2)c2ccccc21. The van der Waals surface area contributed by atoms with Crippen LogP contribution < -0.4 is 4.90 Å². The fourth-order valence-electron chi connectivity index (χ4n) is 2.78. The van der Waals surface area contributed by atoms with Crippen LogP contribution in [0.15, 0.2) is 24.3 Å². The Morgan fingerprint density at radius 2 is 2.11 bits per heavy atom. The summed E-state index contributed by atoms with van der Waals surface area (Å²) in [7, 11) is 0. The first-order valence-electron chi connectivity index (χ1n) is 6.39. The number of amides is 1. The molecule has 1 saturated heterocycles. The average Bonchev–Trinajstić information content (AvgIpc) is 3.05. The van der Waals surface area contributed by atoms with Crippen LogP contribution in [0.2, 0.25) is 0 Å². The van der Waals surface area contributed by atoms with Crippen molar-refractivity contribution < 1.29 is 19.4 Å². The lowest BCUT2D eigenvalue weighted by molar-refractivity contribution is -0.138. The largest absolute Gasteiger partial charge is 0.481 e. The quantitative estimate of drug-likeness (QED) is 0.869. The van der Waals surface area contributed by atoms with Crippen molar-refractivity contribution in [1.82, 2.24) is 0 Å². The lowest BCUT2D eigenvalue weighted by Crippen LogP contribution is -2.36. The summed E-state index contributed by atoms with van der Waals surface area (Å²) in [6.45, 7) is 1.27. The Balaban J connectivity index is 1.91. The molecule has 1 amide bonds. The molecule has 3 rings (SSSR count). The van der Waals surface area contributed by atoms with Crippen LogP contribution in [0.25, 0.3) is 0 Å². The van der Waals surface area contributed by atoms with Gasteiger partial charge < -0.3 is 14.7 Å². The normalized spacial score (nSPS) is 25.4. The number of benzene rings is 1. The van der Waals surface area contributed by atoms with E-state index in [1.54, 1.807) is 17.0 Å². The standard InChI is InChI=1S/C14H15NO4/c16-13(9-5-6-19-8-9)15-7-11(14(17)18)10-3-1-2-4-12(10)15/h1-4,9,11H,5-8H2,(H,17,18)/t9-,11-/m0/s1. The predicted octanol–water partition coefficient (Wildman–Crippen LogP) is 1.24. The Labute approximate surface area is 110 Å². The first kappa shape index (κ1) is 12.2. The fourth-order valence-corrected chi connectivity index (χ4v) is 2.78. The summed E-state index contributed by atoms with van der Waals surface area (Å²) in [5.74, 6) is -1.66. The van der Waals surface area contributed by atoms with Crippen LogP contribution in [-0.2, 0) is 14.3 Å². The average molecular weight is 261 g/mol. The molecule has 100 valence electrons. The van der Waals surface area contributed by atoms with E-state index >= 15 is 0 Å². The molecule has 2 aliphatic heterocycles. The molecule has 0 bridgehead atoms. The van der Waals surface area contributed by atoms with Crippen molar-refractivity contribution in [1.29, 1.82) is 0 Å². The Morgan fingerprint density at radius 1 is 1.32 bits per heavy atom. The maximum Gasteiger partial charge on any atom is 0.312 e. The van der Waals surface area contributed by atoms with E-state index in [2.05, 4.69) is 0 Å². The van der Waals surface area contributed by atoms with Gasteiger partial charge in [-0.1, -0.05) is 18.2 Å². The van der Waals surface area contributed by atoms with Gasteiger partial charge in [-0.15, -0.1) is 0 Å². The van der Waals surface area contributed by atoms with Crippen LogP contribution >= 0.6 is 0 Å². The number of hydrogen-bond donors (Lipinski definition) is 1. The molecular formula is C14H15NO4. The van der Waals surface area contributed by atoms with Crippen LogP contribution in [-0.4, -0.2) is 36.7 Å². The molecule has 0 aliphatic carbocycles. The van der Waals surface area contributed by atoms with Gasteiger partial charge >= 0.3 is 5.97 Å². The maximum absolute atomic E-state index is 12.4. The number of carbonyl (C=O) groups is 2. The van der Waals surface area contributed by atoms with Crippen molar-refractivity contribution in [2.75, 3.05) is 24.7 Å². The molecule has 19 heavy (non-hydrogen) atoms. The third kappa shape index (κ3) is 2.00. The van der Waals surface area contributed by atoms with Crippen molar-refractivity contribution in [2.45, 2.75) is 12.3 Å². The summed E-state index contributed by atoms with van der Waals surface area (Å²) in [5.41, 5.74) is 1.45. The molecule has 0 aromatic heterocycles. The van der Waals surface area contributed by atoms with Crippen LogP contribution in [0.5, 0.6) is 0 Å². The second kappa shape index (κ2) is 4.66. The molecular weight excluding hydrogens is 246 g/mol. The second-order valence-corrected chi connectivity index (χ2v) is 4.96. The summed E-state index contributed by atoms with van der Waals surface area (Å²) < 4.78 is 5.24. The topological polar surface area (TPSA) is 66.8 Å². The number of ether oxygens (including phenoxy) is 1. The van der Waals surface area contributed by atoms with Crippen molar-refractivity contribution in [3.63, 3.8) is 0 Å². The van der Waals surface area contributed by atoms with Gasteiger partial charge in [-0.2, -0.15) is 0 Å². The van der Waals surface area contributed by atoms with E-state index in [-0.39, 0.29) is 18.4 Å². The van der Waals surface area contributed by atoms with Crippen LogP contribution in [0, 0.1) is 5.92 Å². The van der Waals surface area contributed by atoms with Gasteiger partial charge in [-0.25, -0.2) is 0 Å². The Kier molecular flexibility index (Phi) is 2.98. The number of anilines is 1. The third-order valence-corrected chi connectivity index (χ3v) is 3.81. The van der Waals surface area contributed by atoms with Gasteiger partial charge in [0.15, 0.2) is 0 Å². The number of hydrogen-bond acceptors (Lipinski definition) is 3. The Hall–Kier alpha value is -1.88. The zero-order chi connectivity index (χ0) is 13.4. The highest BCUT2D eigenvalue weighted by atomic mass is 16.5. The number of carboxylic acids is 1. The first-order valence-corrected chi connectivity index (χ1v) is 6.39. The number of para-hydroxylation sites is 1. The van der Waals surface area contributed by atoms with E-state index in [1.807, 2.05) is 12.1 Å². The summed E-state index contributed by atoms with van der Waals surface area (Å²) in [6, 6.07) is 7.23. The smallest absolute Gasteiger partial charge is 0.312 e. The zero-order valence-electron chi connectivity index (χ0n) is 10.4. The molecule has 1 aromatic rings. The van der Waals surface area contributed by atoms with Gasteiger partial charge in [-0.05, 0) is 18.1 Å². The molecule has 2 heterocycles. The van der Waals surface area contributed by atoms with Crippen LogP contribution in [0.1, 0.15) is 17.9 Å². The van der Waals surface area contributed by atoms with Gasteiger partial charge in [-0.3, -0.25) is 9.59 Å². The fraction of sp³-hybridized carbons (Fsp3) is 0.429. The van der Waals surface area contributed by atoms with E-state index in [0.717, 1.165) is 17.7 Å². The highest BCUT2D eigenvalue weighted by Crippen LogP contribution is 2.37. The molecule has 1 fully saturated rings. The molecule has 0 radical (unpaired) electrons. The minimum Gasteiger partial charge on any atom is -0.481 e. The van der Waals surface area contributed by atoms with Crippen molar-refractivity contribution in [3.8, 4) is 0 Å².